The fourth-order valence-corrected chi connectivity index (χ4v) is 1.61. The van der Waals surface area contributed by atoms with Crippen LogP contribution in [0.15, 0.2) is 0 Å². The van der Waals surface area contributed by atoms with E-state index < -0.39 is 17.7 Å². The number of ketones is 1. The molecule has 1 fully saturated rings. The van der Waals surface area contributed by atoms with Crippen molar-refractivity contribution in [1.82, 2.24) is 4.90 Å². The van der Waals surface area contributed by atoms with Crippen molar-refractivity contribution < 1.29 is 19.1 Å². The summed E-state index contributed by atoms with van der Waals surface area (Å²) in [6, 6.07) is 1.07. The number of amides is 1. The summed E-state index contributed by atoms with van der Waals surface area (Å²) < 4.78 is 10.4. The highest BCUT2D eigenvalue weighted by Crippen LogP contribution is 2.15. The van der Waals surface area contributed by atoms with E-state index in [9.17, 15) is 9.59 Å². The van der Waals surface area contributed by atoms with Crippen LogP contribution in [0.1, 0.15) is 27.2 Å². The first-order valence-electron chi connectivity index (χ1n) is 5.82. The van der Waals surface area contributed by atoms with E-state index in [0.29, 0.717) is 13.2 Å². The number of nitriles is 1. The van der Waals surface area contributed by atoms with Crippen LogP contribution in [0.2, 0.25) is 0 Å². The summed E-state index contributed by atoms with van der Waals surface area (Å²) in [7, 11) is 0. The predicted octanol–water partition coefficient (Wildman–Crippen LogP) is 1.11. The summed E-state index contributed by atoms with van der Waals surface area (Å²) in [6.45, 7) is 6.08. The zero-order valence-electron chi connectivity index (χ0n) is 10.9. The van der Waals surface area contributed by atoms with E-state index in [1.54, 1.807) is 26.8 Å². The van der Waals surface area contributed by atoms with Gasteiger partial charge in [0.2, 0.25) is 0 Å². The SMILES string of the molecule is CC(C)(C)OC(=O)N1CCOC[C@H]1C(=O)CC#N. The van der Waals surface area contributed by atoms with Gasteiger partial charge in [0.1, 0.15) is 11.6 Å². The van der Waals surface area contributed by atoms with E-state index in [2.05, 4.69) is 0 Å². The van der Waals surface area contributed by atoms with Gasteiger partial charge in [0, 0.05) is 6.54 Å². The minimum atomic E-state index is -0.715. The predicted molar refractivity (Wildman–Crippen MR) is 62.8 cm³/mol. The van der Waals surface area contributed by atoms with Gasteiger partial charge in [-0.25, -0.2) is 4.79 Å². The van der Waals surface area contributed by atoms with Crippen molar-refractivity contribution in [2.75, 3.05) is 19.8 Å². The molecule has 100 valence electrons. The Labute approximate surface area is 106 Å². The van der Waals surface area contributed by atoms with Crippen LogP contribution >= 0.6 is 0 Å². The van der Waals surface area contributed by atoms with E-state index in [1.807, 2.05) is 0 Å². The monoisotopic (exact) mass is 254 g/mol. The van der Waals surface area contributed by atoms with E-state index >= 15 is 0 Å². The van der Waals surface area contributed by atoms with Crippen molar-refractivity contribution in [3.63, 3.8) is 0 Å². The number of nitrogens with zero attached hydrogens (tertiary/aromatic N) is 2. The average Bonchev–Trinajstić information content (AvgIpc) is 2.27. The van der Waals surface area contributed by atoms with Gasteiger partial charge in [0.15, 0.2) is 5.78 Å². The molecule has 0 aromatic carbocycles. The number of morpholine rings is 1. The first kappa shape index (κ1) is 14.5. The van der Waals surface area contributed by atoms with Gasteiger partial charge < -0.3 is 9.47 Å². The minimum Gasteiger partial charge on any atom is -0.444 e. The highest BCUT2D eigenvalue weighted by molar-refractivity contribution is 5.89. The number of rotatable bonds is 2. The maximum Gasteiger partial charge on any atom is 0.411 e. The number of ether oxygens (including phenoxy) is 2. The lowest BCUT2D eigenvalue weighted by atomic mass is 10.1. The standard InChI is InChI=1S/C12H18N2O4/c1-12(2,3)18-11(16)14-6-7-17-8-9(14)10(15)4-5-13/h9H,4,6-8H2,1-3H3/t9-/m0/s1. The Kier molecular flexibility index (Phi) is 4.68. The maximum atomic E-state index is 11.9. The van der Waals surface area contributed by atoms with Crippen LogP contribution in [-0.2, 0) is 14.3 Å². The Morgan fingerprint density at radius 3 is 2.72 bits per heavy atom. The third-order valence-electron chi connectivity index (χ3n) is 2.38. The maximum absolute atomic E-state index is 11.9. The second-order valence-electron chi connectivity index (χ2n) is 5.07. The summed E-state index contributed by atoms with van der Waals surface area (Å²) in [5, 5.41) is 8.53. The Morgan fingerprint density at radius 1 is 1.50 bits per heavy atom. The molecule has 0 N–H and O–H groups in total. The molecule has 1 heterocycles. The average molecular weight is 254 g/mol. The van der Waals surface area contributed by atoms with Crippen molar-refractivity contribution in [3.8, 4) is 6.07 Å². The zero-order valence-corrected chi connectivity index (χ0v) is 10.9. The molecular formula is C12H18N2O4. The van der Waals surface area contributed by atoms with Gasteiger partial charge in [-0.2, -0.15) is 5.26 Å². The van der Waals surface area contributed by atoms with Crippen LogP contribution in [-0.4, -0.2) is 48.2 Å². The number of carbonyl (C=O) groups excluding carboxylic acids is 2. The fourth-order valence-electron chi connectivity index (χ4n) is 1.61. The fraction of sp³-hybridized carbons (Fsp3) is 0.750. The summed E-state index contributed by atoms with van der Waals surface area (Å²) in [5.41, 5.74) is -0.613. The zero-order chi connectivity index (χ0) is 13.8. The number of hydrogen-bond donors (Lipinski definition) is 0. The van der Waals surface area contributed by atoms with Crippen LogP contribution < -0.4 is 0 Å². The molecule has 0 saturated carbocycles. The lowest BCUT2D eigenvalue weighted by Crippen LogP contribution is -2.53. The number of hydrogen-bond acceptors (Lipinski definition) is 5. The molecule has 0 radical (unpaired) electrons. The third kappa shape index (κ3) is 4.00. The smallest absolute Gasteiger partial charge is 0.411 e. The second-order valence-corrected chi connectivity index (χ2v) is 5.07. The molecule has 0 aliphatic carbocycles. The van der Waals surface area contributed by atoms with Gasteiger partial charge >= 0.3 is 6.09 Å². The van der Waals surface area contributed by atoms with Gasteiger partial charge in [-0.05, 0) is 20.8 Å². The molecule has 0 unspecified atom stereocenters. The highest BCUT2D eigenvalue weighted by atomic mass is 16.6. The minimum absolute atomic E-state index is 0.125. The van der Waals surface area contributed by atoms with Gasteiger partial charge in [-0.15, -0.1) is 0 Å². The lowest BCUT2D eigenvalue weighted by molar-refractivity contribution is -0.129. The van der Waals surface area contributed by atoms with E-state index in [1.165, 1.54) is 4.90 Å². The second kappa shape index (κ2) is 5.83. The molecule has 18 heavy (non-hydrogen) atoms. The molecule has 1 rings (SSSR count). The number of Topliss-reactive ketones (excluding diaryl/α,β-unsaturated/α-hetero) is 1. The van der Waals surface area contributed by atoms with E-state index in [4.69, 9.17) is 14.7 Å². The summed E-state index contributed by atoms with van der Waals surface area (Å²) >= 11 is 0. The van der Waals surface area contributed by atoms with Crippen LogP contribution in [0, 0.1) is 11.3 Å². The third-order valence-corrected chi connectivity index (χ3v) is 2.38. The molecule has 0 aromatic rings. The van der Waals surface area contributed by atoms with Crippen LogP contribution in [0.4, 0.5) is 4.79 Å². The quantitative estimate of drug-likeness (QED) is 0.737. The molecule has 1 aliphatic rings. The topological polar surface area (TPSA) is 79.6 Å². The first-order valence-corrected chi connectivity index (χ1v) is 5.82. The van der Waals surface area contributed by atoms with E-state index in [-0.39, 0.29) is 18.8 Å². The van der Waals surface area contributed by atoms with Crippen molar-refractivity contribution in [1.29, 1.82) is 5.26 Å². The number of carbonyl (C=O) groups is 2. The van der Waals surface area contributed by atoms with Crippen LogP contribution in [0.25, 0.3) is 0 Å². The molecule has 6 nitrogen and oxygen atoms in total. The molecule has 0 spiro atoms. The van der Waals surface area contributed by atoms with Gasteiger partial charge in [-0.3, -0.25) is 9.69 Å². The van der Waals surface area contributed by atoms with Crippen molar-refractivity contribution in [3.05, 3.63) is 0 Å². The Morgan fingerprint density at radius 2 is 2.17 bits per heavy atom. The summed E-state index contributed by atoms with van der Waals surface area (Å²) in [6.07, 6.45) is -0.769. The first-order chi connectivity index (χ1) is 8.35. The molecule has 1 saturated heterocycles. The van der Waals surface area contributed by atoms with Crippen molar-refractivity contribution >= 4 is 11.9 Å². The van der Waals surface area contributed by atoms with Crippen LogP contribution in [0.5, 0.6) is 0 Å². The Bertz CT molecular complexity index is 367. The summed E-state index contributed by atoms with van der Waals surface area (Å²) in [4.78, 5) is 25.0. The lowest BCUT2D eigenvalue weighted by Gasteiger charge is -2.35. The van der Waals surface area contributed by atoms with Crippen LogP contribution in [0.3, 0.4) is 0 Å². The molecule has 0 aromatic heterocycles. The highest BCUT2D eigenvalue weighted by Gasteiger charge is 2.34. The molecule has 1 aliphatic heterocycles. The normalized spacial score (nSPS) is 20.1. The van der Waals surface area contributed by atoms with E-state index in [0.717, 1.165) is 0 Å². The van der Waals surface area contributed by atoms with Gasteiger partial charge in [0.25, 0.3) is 0 Å². The largest absolute Gasteiger partial charge is 0.444 e. The molecule has 0 bridgehead atoms. The molecular weight excluding hydrogens is 236 g/mol. The van der Waals surface area contributed by atoms with Gasteiger partial charge in [-0.1, -0.05) is 0 Å². The van der Waals surface area contributed by atoms with Gasteiger partial charge in [0.05, 0.1) is 25.7 Å². The molecule has 6 heteroatoms. The Hall–Kier alpha value is -1.61. The van der Waals surface area contributed by atoms with Crippen molar-refractivity contribution in [2.24, 2.45) is 0 Å². The van der Waals surface area contributed by atoms with Crippen molar-refractivity contribution in [2.45, 2.75) is 38.8 Å². The Balaban J connectivity index is 2.73. The summed E-state index contributed by atoms with van der Waals surface area (Å²) in [5.74, 6) is -0.317. The molecule has 1 atom stereocenters. The molecule has 1 amide bonds.